The predicted molar refractivity (Wildman–Crippen MR) is 277 cm³/mol. The zero-order valence-electron chi connectivity index (χ0n) is 44.8. The smallest absolute Gasteiger partial charge is 0.326 e. The highest BCUT2D eigenvalue weighted by molar-refractivity contribution is 5.96. The van der Waals surface area contributed by atoms with E-state index < -0.39 is 107 Å². The first-order valence-electron chi connectivity index (χ1n) is 26.2. The van der Waals surface area contributed by atoms with E-state index in [1.165, 1.54) is 46.8 Å². The van der Waals surface area contributed by atoms with Crippen molar-refractivity contribution in [1.29, 1.82) is 0 Å². The molecule has 0 aromatic heterocycles. The zero-order valence-corrected chi connectivity index (χ0v) is 44.8. The molecular formula is C53H81N7O16. The summed E-state index contributed by atoms with van der Waals surface area (Å²) in [6.07, 6.45) is 2.38. The molecule has 76 heavy (non-hydrogen) atoms. The summed E-state index contributed by atoms with van der Waals surface area (Å²) in [6.45, 7) is 9.25. The van der Waals surface area contributed by atoms with Crippen molar-refractivity contribution < 1.29 is 78.0 Å². The lowest BCUT2D eigenvalue weighted by Crippen LogP contribution is -2.59. The molecule has 23 heteroatoms. The van der Waals surface area contributed by atoms with Gasteiger partial charge < -0.3 is 52.3 Å². The summed E-state index contributed by atoms with van der Waals surface area (Å²) >= 11 is 0. The van der Waals surface area contributed by atoms with Crippen LogP contribution in [0.3, 0.4) is 0 Å². The average Bonchev–Trinajstić information content (AvgIpc) is 3.82. The number of hydrogen-bond donors (Lipinski definition) is 10. The number of phenolic OH excluding ortho intramolecular Hbond substituents is 1. The molecule has 1 heterocycles. The Balaban J connectivity index is 2.01. The second kappa shape index (κ2) is 33.5. The van der Waals surface area contributed by atoms with Crippen LogP contribution in [0.15, 0.2) is 24.3 Å². The van der Waals surface area contributed by atoms with E-state index in [4.69, 9.17) is 5.11 Å². The number of hydrogen-bond acceptors (Lipinski definition) is 16. The van der Waals surface area contributed by atoms with Gasteiger partial charge in [0, 0.05) is 45.6 Å². The summed E-state index contributed by atoms with van der Waals surface area (Å²) in [7, 11) is 0. The van der Waals surface area contributed by atoms with E-state index in [2.05, 4.69) is 31.9 Å². The van der Waals surface area contributed by atoms with E-state index in [0.29, 0.717) is 44.2 Å². The van der Waals surface area contributed by atoms with Gasteiger partial charge in [-0.15, -0.1) is 0 Å². The van der Waals surface area contributed by atoms with Gasteiger partial charge in [0.2, 0.25) is 23.6 Å². The highest BCUT2D eigenvalue weighted by Gasteiger charge is 2.35. The third kappa shape index (κ3) is 24.9. The predicted octanol–water partition coefficient (Wildman–Crippen LogP) is 1.78. The summed E-state index contributed by atoms with van der Waals surface area (Å²) in [5.74, 6) is -9.80. The molecule has 1 aliphatic rings. The van der Waals surface area contributed by atoms with E-state index in [0.717, 1.165) is 12.8 Å². The van der Waals surface area contributed by atoms with Crippen LogP contribution in [0.1, 0.15) is 143 Å². The van der Waals surface area contributed by atoms with E-state index >= 15 is 0 Å². The molecule has 10 N–H and O–H groups in total. The molecule has 4 amide bonds. The maximum atomic E-state index is 13.9. The Bertz CT molecular complexity index is 2180. The summed E-state index contributed by atoms with van der Waals surface area (Å²) in [6, 6.07) is 1.62. The number of carbonyl (C=O) groups excluding carboxylic acids is 9. The number of phenols is 1. The van der Waals surface area contributed by atoms with E-state index in [-0.39, 0.29) is 101 Å². The lowest BCUT2D eigenvalue weighted by Gasteiger charge is -2.29. The molecule has 424 valence electrons. The first-order chi connectivity index (χ1) is 35.7. The number of carboxylic acids is 3. The number of aromatic hydroxyl groups is 1. The van der Waals surface area contributed by atoms with Crippen LogP contribution >= 0.6 is 0 Å². The molecule has 1 aliphatic heterocycles. The van der Waals surface area contributed by atoms with Gasteiger partial charge in [0.05, 0.1) is 55.1 Å². The van der Waals surface area contributed by atoms with Gasteiger partial charge in [-0.3, -0.25) is 57.6 Å². The quantitative estimate of drug-likeness (QED) is 0.0419. The highest BCUT2D eigenvalue weighted by atomic mass is 16.4. The number of rotatable bonds is 40. The average molecular weight is 1070 g/mol. The first-order valence-corrected chi connectivity index (χ1v) is 26.2. The number of carboxylic acid groups (broad SMARTS) is 3. The van der Waals surface area contributed by atoms with Crippen LogP contribution in [0.5, 0.6) is 5.75 Å². The molecule has 2 rings (SSSR count). The second-order valence-electron chi connectivity index (χ2n) is 20.3. The molecule has 0 spiro atoms. The van der Waals surface area contributed by atoms with Crippen molar-refractivity contribution in [1.82, 2.24) is 36.8 Å². The van der Waals surface area contributed by atoms with Gasteiger partial charge in [-0.25, -0.2) is 4.79 Å². The molecule has 0 bridgehead atoms. The Morgan fingerprint density at radius 3 is 1.93 bits per heavy atom. The minimum Gasteiger partial charge on any atom is -0.508 e. The number of amides is 4. The molecule has 23 nitrogen and oxygen atoms in total. The van der Waals surface area contributed by atoms with Gasteiger partial charge >= 0.3 is 17.9 Å². The van der Waals surface area contributed by atoms with Crippen LogP contribution in [0, 0.1) is 11.8 Å². The fraction of sp³-hybridized carbons (Fsp3) is 0.660. The zero-order chi connectivity index (χ0) is 57.1. The molecule has 0 aliphatic carbocycles. The van der Waals surface area contributed by atoms with Gasteiger partial charge in [0.1, 0.15) is 29.4 Å². The number of unbranched alkanes of at least 4 members (excludes halogenated alkanes) is 2. The summed E-state index contributed by atoms with van der Waals surface area (Å²) in [5, 5.41) is 54.4. The molecule has 0 radical (unpaired) electrons. The third-order valence-corrected chi connectivity index (χ3v) is 13.4. The maximum absolute atomic E-state index is 13.9. The van der Waals surface area contributed by atoms with Crippen molar-refractivity contribution in [3.63, 3.8) is 0 Å². The van der Waals surface area contributed by atoms with Crippen molar-refractivity contribution in [2.45, 2.75) is 180 Å². The normalized spacial score (nSPS) is 15.9. The Morgan fingerprint density at radius 2 is 1.33 bits per heavy atom. The van der Waals surface area contributed by atoms with Crippen LogP contribution in [-0.2, 0) is 64.0 Å². The SMILES string of the molecule is CCCC[C@H](NCC(=O)C(C)(C)NC(=O)[C@@H](Cc1ccc(O)cc1)NC(C)=O)C(=O)CN[C@@H](CCCCNC(=O)CC[C@H](CC(=O)CC[C@H](NC(=O)CC[C@H](C)C(=O)O)C(=O)O)C(=O)O)C(=O)CN1CCC[C@H]1C(C)=O. The van der Waals surface area contributed by atoms with Crippen LogP contribution in [0.4, 0.5) is 0 Å². The molecule has 1 aromatic rings. The number of nitrogens with zero attached hydrogens (tertiary/aromatic N) is 1. The van der Waals surface area contributed by atoms with Crippen LogP contribution in [-0.4, -0.2) is 164 Å². The number of benzene rings is 1. The van der Waals surface area contributed by atoms with Crippen molar-refractivity contribution in [2.24, 2.45) is 11.8 Å². The van der Waals surface area contributed by atoms with E-state index in [9.17, 15) is 72.9 Å². The number of ketones is 5. The lowest BCUT2D eigenvalue weighted by atomic mass is 9.94. The molecular weight excluding hydrogens is 991 g/mol. The minimum atomic E-state index is -1.46. The summed E-state index contributed by atoms with van der Waals surface area (Å²) in [4.78, 5) is 153. The molecule has 1 aromatic carbocycles. The third-order valence-electron chi connectivity index (χ3n) is 13.4. The molecule has 7 atom stereocenters. The van der Waals surface area contributed by atoms with Gasteiger partial charge in [0.25, 0.3) is 0 Å². The van der Waals surface area contributed by atoms with Gasteiger partial charge in [-0.1, -0.05) is 38.8 Å². The van der Waals surface area contributed by atoms with E-state index in [1.807, 2.05) is 11.8 Å². The fourth-order valence-corrected chi connectivity index (χ4v) is 8.60. The number of carbonyl (C=O) groups is 12. The number of Topliss-reactive ketones (excluding diaryl/α,β-unsaturated/α-hetero) is 5. The molecule has 1 saturated heterocycles. The Hall–Kier alpha value is -6.46. The Morgan fingerprint density at radius 1 is 0.697 bits per heavy atom. The monoisotopic (exact) mass is 1070 g/mol. The molecule has 0 saturated carbocycles. The number of aliphatic carboxylic acids is 3. The molecule has 1 fully saturated rings. The first kappa shape index (κ1) is 65.7. The largest absolute Gasteiger partial charge is 0.508 e. The van der Waals surface area contributed by atoms with Crippen molar-refractivity contribution >= 4 is 70.5 Å². The minimum absolute atomic E-state index is 0.0248. The lowest BCUT2D eigenvalue weighted by molar-refractivity contribution is -0.145. The van der Waals surface area contributed by atoms with Crippen LogP contribution in [0.25, 0.3) is 0 Å². The topological polar surface area (TPSA) is 361 Å². The number of likely N-dealkylation sites (tertiary alicyclic amines) is 1. The summed E-state index contributed by atoms with van der Waals surface area (Å²) < 4.78 is 0. The van der Waals surface area contributed by atoms with Crippen molar-refractivity contribution in [3.8, 4) is 5.75 Å². The Kier molecular flexibility index (Phi) is 29.0. The maximum Gasteiger partial charge on any atom is 0.326 e. The van der Waals surface area contributed by atoms with Gasteiger partial charge in [0.15, 0.2) is 17.3 Å². The molecule has 0 unspecified atom stereocenters. The standard InChI is InChI=1S/C53H81N7O16/c1-7-8-12-39(56-30-46(67)53(5,6)59-49(70)42(57-34(4)62)27-35-16-19-37(63)20-17-35)44(65)29-55-40(45(66)31-60-26-11-14-43(60)33(3)61)13-9-10-25-54-47(68)24-18-36(51(73)74)28-38(64)21-22-41(52(75)76)58-48(69)23-15-32(2)50(71)72/h16-17,19-20,32,36,39-43,55-56,63H,7-15,18,21-31H2,1-6H3,(H,54,68)(H,57,62)(H,58,69)(H,59,70)(H,71,72)(H,73,74)(H,75,76)/t32-,36+,39-,40-,41-,42+,43-/m0/s1. The van der Waals surface area contributed by atoms with Crippen molar-refractivity contribution in [2.75, 3.05) is 32.7 Å². The second-order valence-corrected chi connectivity index (χ2v) is 20.3. The van der Waals surface area contributed by atoms with Crippen LogP contribution < -0.4 is 31.9 Å². The van der Waals surface area contributed by atoms with Crippen molar-refractivity contribution in [3.05, 3.63) is 29.8 Å². The summed E-state index contributed by atoms with van der Waals surface area (Å²) in [5.41, 5.74) is -0.767. The number of nitrogens with one attached hydrogen (secondary N) is 6. The fourth-order valence-electron chi connectivity index (χ4n) is 8.60. The Labute approximate surface area is 444 Å². The highest BCUT2D eigenvalue weighted by Crippen LogP contribution is 2.20. The van der Waals surface area contributed by atoms with Crippen LogP contribution in [0.2, 0.25) is 0 Å². The van der Waals surface area contributed by atoms with E-state index in [1.54, 1.807) is 12.1 Å². The van der Waals surface area contributed by atoms with Gasteiger partial charge in [-0.2, -0.15) is 0 Å². The van der Waals surface area contributed by atoms with Gasteiger partial charge in [-0.05, 0) is 103 Å².